The minimum Gasteiger partial charge on any atom is -0.465 e. The summed E-state index contributed by atoms with van der Waals surface area (Å²) in [5.74, 6) is -1.63. The van der Waals surface area contributed by atoms with E-state index in [1.165, 1.54) is 6.92 Å². The lowest BCUT2D eigenvalue weighted by molar-refractivity contribution is -0.138. The van der Waals surface area contributed by atoms with E-state index in [4.69, 9.17) is 11.6 Å². The second kappa shape index (κ2) is 7.47. The number of hydrogen-bond acceptors (Lipinski definition) is 5. The fourth-order valence-corrected chi connectivity index (χ4v) is 2.73. The highest BCUT2D eigenvalue weighted by Crippen LogP contribution is 2.30. The summed E-state index contributed by atoms with van der Waals surface area (Å²) in [7, 11) is 2.22. The van der Waals surface area contributed by atoms with Crippen molar-refractivity contribution in [3.8, 4) is 0 Å². The second-order valence-corrected chi connectivity index (χ2v) is 5.88. The number of carbonyl (C=O) groups is 2. The van der Waals surface area contributed by atoms with Gasteiger partial charge in [0.15, 0.2) is 0 Å². The van der Waals surface area contributed by atoms with E-state index in [0.717, 1.165) is 14.2 Å². The number of H-pyrrole nitrogens is 1. The van der Waals surface area contributed by atoms with Gasteiger partial charge in [-0.3, -0.25) is 4.79 Å². The Labute approximate surface area is 155 Å². The summed E-state index contributed by atoms with van der Waals surface area (Å²) in [6, 6.07) is 0.515. The van der Waals surface area contributed by atoms with E-state index in [9.17, 15) is 27.6 Å². The number of carbonyl (C=O) groups excluding carboxylic acids is 2. The van der Waals surface area contributed by atoms with Crippen molar-refractivity contribution in [2.75, 3.05) is 14.2 Å². The monoisotopic (exact) mass is 406 g/mol. The Bertz CT molecular complexity index is 962. The lowest BCUT2D eigenvalue weighted by atomic mass is 10.1. The summed E-state index contributed by atoms with van der Waals surface area (Å²) >= 11 is 5.62. The first-order chi connectivity index (χ1) is 12.5. The van der Waals surface area contributed by atoms with Crippen molar-refractivity contribution >= 4 is 23.5 Å². The number of hydrogen-bond donors (Lipinski definition) is 1. The number of esters is 2. The molecule has 1 N–H and O–H groups in total. The maximum atomic E-state index is 13.0. The second-order valence-electron chi connectivity index (χ2n) is 5.47. The molecular formula is C16H14ClF3N2O5. The van der Waals surface area contributed by atoms with Gasteiger partial charge in [-0.1, -0.05) is 11.6 Å². The Kier molecular flexibility index (Phi) is 5.69. The number of halogens is 4. The first-order valence-corrected chi connectivity index (χ1v) is 7.74. The lowest BCUT2D eigenvalue weighted by Gasteiger charge is -2.12. The van der Waals surface area contributed by atoms with E-state index in [-0.39, 0.29) is 22.5 Å². The minimum absolute atomic E-state index is 0.00255. The number of rotatable bonds is 4. The van der Waals surface area contributed by atoms with Gasteiger partial charge in [0.2, 0.25) is 0 Å². The largest absolute Gasteiger partial charge is 0.465 e. The molecule has 0 unspecified atom stereocenters. The summed E-state index contributed by atoms with van der Waals surface area (Å²) in [6.07, 6.45) is -4.16. The van der Waals surface area contributed by atoms with Gasteiger partial charge in [-0.2, -0.15) is 13.2 Å². The molecule has 2 aromatic rings. The highest BCUT2D eigenvalue weighted by Gasteiger charge is 2.32. The summed E-state index contributed by atoms with van der Waals surface area (Å²) in [4.78, 5) is 38.6. The Morgan fingerprint density at radius 1 is 1.22 bits per heavy atom. The van der Waals surface area contributed by atoms with Crippen LogP contribution in [-0.4, -0.2) is 35.7 Å². The predicted molar refractivity (Wildman–Crippen MR) is 88.0 cm³/mol. The highest BCUT2D eigenvalue weighted by atomic mass is 35.5. The number of ether oxygens (including phenoxy) is 2. The molecule has 2 aromatic heterocycles. The summed E-state index contributed by atoms with van der Waals surface area (Å²) in [5, 5.41) is -0.638. The molecule has 0 saturated carbocycles. The van der Waals surface area contributed by atoms with Crippen LogP contribution < -0.4 is 5.56 Å². The molecule has 7 nitrogen and oxygen atoms in total. The van der Waals surface area contributed by atoms with Gasteiger partial charge < -0.3 is 19.0 Å². The Hall–Kier alpha value is -2.75. The molecule has 0 amide bonds. The van der Waals surface area contributed by atoms with Gasteiger partial charge in [-0.25, -0.2) is 9.59 Å². The van der Waals surface area contributed by atoms with Crippen molar-refractivity contribution in [2.24, 2.45) is 0 Å². The first kappa shape index (κ1) is 20.6. The van der Waals surface area contributed by atoms with E-state index in [1.807, 2.05) is 0 Å². The van der Waals surface area contributed by atoms with Crippen molar-refractivity contribution in [2.45, 2.75) is 19.6 Å². The van der Waals surface area contributed by atoms with Crippen LogP contribution in [0.25, 0.3) is 0 Å². The molecule has 27 heavy (non-hydrogen) atoms. The van der Waals surface area contributed by atoms with E-state index in [0.29, 0.717) is 16.8 Å². The molecule has 0 bridgehead atoms. The van der Waals surface area contributed by atoms with Crippen molar-refractivity contribution in [3.63, 3.8) is 0 Å². The Morgan fingerprint density at radius 2 is 1.81 bits per heavy atom. The van der Waals surface area contributed by atoms with Crippen LogP contribution in [0.3, 0.4) is 0 Å². The third kappa shape index (κ3) is 4.00. The molecule has 0 saturated heterocycles. The van der Waals surface area contributed by atoms with Gasteiger partial charge in [-0.15, -0.1) is 0 Å². The van der Waals surface area contributed by atoms with Crippen LogP contribution >= 0.6 is 11.6 Å². The third-order valence-corrected chi connectivity index (χ3v) is 4.08. The van der Waals surface area contributed by atoms with Crippen molar-refractivity contribution < 1.29 is 32.2 Å². The van der Waals surface area contributed by atoms with Crippen LogP contribution in [0.1, 0.15) is 37.7 Å². The van der Waals surface area contributed by atoms with E-state index in [1.54, 1.807) is 0 Å². The van der Waals surface area contributed by atoms with Crippen LogP contribution in [0.2, 0.25) is 5.02 Å². The van der Waals surface area contributed by atoms with Gasteiger partial charge in [0.1, 0.15) is 10.7 Å². The molecule has 0 spiro atoms. The molecular weight excluding hydrogens is 393 g/mol. The average Bonchev–Trinajstić information content (AvgIpc) is 2.92. The topological polar surface area (TPSA) is 90.4 Å². The fourth-order valence-electron chi connectivity index (χ4n) is 2.50. The fraction of sp³-hybridized carbons (Fsp3) is 0.312. The third-order valence-electron chi connectivity index (χ3n) is 3.80. The highest BCUT2D eigenvalue weighted by molar-refractivity contribution is 6.30. The number of aromatic amines is 1. The Morgan fingerprint density at radius 3 is 2.33 bits per heavy atom. The number of methoxy groups -OCH3 is 2. The van der Waals surface area contributed by atoms with Crippen LogP contribution in [-0.2, 0) is 22.2 Å². The molecule has 0 fully saturated rings. The molecule has 146 valence electrons. The van der Waals surface area contributed by atoms with Crippen LogP contribution in [0.15, 0.2) is 17.1 Å². The van der Waals surface area contributed by atoms with E-state index in [2.05, 4.69) is 14.5 Å². The zero-order valence-corrected chi connectivity index (χ0v) is 15.1. The lowest BCUT2D eigenvalue weighted by Crippen LogP contribution is -2.24. The normalized spacial score (nSPS) is 11.4. The molecule has 2 heterocycles. The standard InChI is InChI=1S/C16H14ClF3N2O5/c1-7-11(14(24)26-2)10(21-12(7)15(25)27-3)6-22-5-8(16(18,19)20)4-9(17)13(22)23/h4-5,21H,6H2,1-3H3. The molecule has 0 aliphatic carbocycles. The van der Waals surface area contributed by atoms with Crippen molar-refractivity contribution in [3.05, 3.63) is 55.7 Å². The van der Waals surface area contributed by atoms with Gasteiger partial charge >= 0.3 is 18.1 Å². The SMILES string of the molecule is COC(=O)c1[nH]c(Cn2cc(C(F)(F)F)cc(Cl)c2=O)c(C(=O)OC)c1C. The molecule has 0 radical (unpaired) electrons. The van der Waals surface area contributed by atoms with Gasteiger partial charge in [-0.05, 0) is 18.6 Å². The summed E-state index contributed by atoms with van der Waals surface area (Å²) in [5.41, 5.74) is -2.03. The van der Waals surface area contributed by atoms with Crippen molar-refractivity contribution in [1.82, 2.24) is 9.55 Å². The number of aromatic nitrogens is 2. The smallest absolute Gasteiger partial charge is 0.417 e. The van der Waals surface area contributed by atoms with Crippen LogP contribution in [0.5, 0.6) is 0 Å². The van der Waals surface area contributed by atoms with Gasteiger partial charge in [0, 0.05) is 6.20 Å². The predicted octanol–water partition coefficient (Wildman–Crippen LogP) is 2.78. The van der Waals surface area contributed by atoms with E-state index < -0.39 is 40.8 Å². The Balaban J connectivity index is 2.64. The minimum atomic E-state index is -4.73. The maximum absolute atomic E-state index is 13.0. The molecule has 11 heteroatoms. The average molecular weight is 407 g/mol. The molecule has 2 rings (SSSR count). The zero-order valence-electron chi connectivity index (χ0n) is 14.4. The summed E-state index contributed by atoms with van der Waals surface area (Å²) < 4.78 is 48.9. The van der Waals surface area contributed by atoms with Crippen molar-refractivity contribution in [1.29, 1.82) is 0 Å². The summed E-state index contributed by atoms with van der Waals surface area (Å²) in [6.45, 7) is 0.950. The quantitative estimate of drug-likeness (QED) is 0.788. The van der Waals surface area contributed by atoms with Crippen LogP contribution in [0.4, 0.5) is 13.2 Å². The van der Waals surface area contributed by atoms with Crippen LogP contribution in [0, 0.1) is 6.92 Å². The number of nitrogens with one attached hydrogen (secondary N) is 1. The molecule has 0 aliphatic heterocycles. The number of pyridine rings is 1. The molecule has 0 aliphatic rings. The zero-order chi connectivity index (χ0) is 20.5. The molecule has 0 aromatic carbocycles. The van der Waals surface area contributed by atoms with Gasteiger partial charge in [0.25, 0.3) is 5.56 Å². The first-order valence-electron chi connectivity index (χ1n) is 7.36. The number of nitrogens with zero attached hydrogens (tertiary/aromatic N) is 1. The van der Waals surface area contributed by atoms with E-state index >= 15 is 0 Å². The van der Waals surface area contributed by atoms with Gasteiger partial charge in [0.05, 0.1) is 37.6 Å². The molecule has 0 atom stereocenters. The number of alkyl halides is 3. The maximum Gasteiger partial charge on any atom is 0.417 e.